The Morgan fingerprint density at radius 3 is 2.39 bits per heavy atom. The second kappa shape index (κ2) is 7.90. The summed E-state index contributed by atoms with van der Waals surface area (Å²) in [5.74, 6) is -0.350. The molecule has 0 unspecified atom stereocenters. The molecule has 0 fully saturated rings. The summed E-state index contributed by atoms with van der Waals surface area (Å²) in [4.78, 5) is 23.6. The van der Waals surface area contributed by atoms with Crippen LogP contribution in [-0.2, 0) is 0 Å². The number of urea groups is 1. The van der Waals surface area contributed by atoms with Crippen molar-refractivity contribution in [3.05, 3.63) is 65.7 Å². The predicted octanol–water partition coefficient (Wildman–Crippen LogP) is 2.34. The Bertz CT molecular complexity index is 719. The van der Waals surface area contributed by atoms with Crippen LogP contribution in [0.1, 0.15) is 15.9 Å². The van der Waals surface area contributed by atoms with Crippen molar-refractivity contribution in [3.8, 4) is 0 Å². The molecule has 6 nitrogen and oxygen atoms in total. The molecule has 0 radical (unpaired) electrons. The fraction of sp³-hybridized carbons (Fsp3) is 0.0625. The molecule has 0 aliphatic carbocycles. The molecule has 0 aliphatic heterocycles. The van der Waals surface area contributed by atoms with Crippen LogP contribution >= 0.6 is 12.2 Å². The third-order valence-corrected chi connectivity index (χ3v) is 3.03. The zero-order chi connectivity index (χ0) is 16.7. The lowest BCUT2D eigenvalue weighted by Crippen LogP contribution is -2.49. The van der Waals surface area contributed by atoms with Gasteiger partial charge in [0.05, 0.1) is 0 Å². The molecule has 0 bridgehead atoms. The number of aryl methyl sites for hydroxylation is 1. The fourth-order valence-corrected chi connectivity index (χ4v) is 1.93. The van der Waals surface area contributed by atoms with E-state index in [1.54, 1.807) is 42.5 Å². The van der Waals surface area contributed by atoms with Crippen molar-refractivity contribution in [1.82, 2.24) is 16.2 Å². The van der Waals surface area contributed by atoms with Crippen molar-refractivity contribution in [3.63, 3.8) is 0 Å². The number of amides is 3. The first-order chi connectivity index (χ1) is 11.0. The quantitative estimate of drug-likeness (QED) is 0.504. The highest BCUT2D eigenvalue weighted by Crippen LogP contribution is 2.04. The van der Waals surface area contributed by atoms with Crippen LogP contribution < -0.4 is 21.5 Å². The Morgan fingerprint density at radius 2 is 1.70 bits per heavy atom. The van der Waals surface area contributed by atoms with E-state index in [4.69, 9.17) is 12.2 Å². The summed E-state index contributed by atoms with van der Waals surface area (Å²) >= 11 is 4.96. The highest BCUT2D eigenvalue weighted by Gasteiger charge is 2.08. The Hall–Kier alpha value is -2.93. The van der Waals surface area contributed by atoms with Crippen LogP contribution in [0.3, 0.4) is 0 Å². The number of hydrazine groups is 1. The summed E-state index contributed by atoms with van der Waals surface area (Å²) in [6.07, 6.45) is 0. The van der Waals surface area contributed by atoms with E-state index in [1.807, 2.05) is 19.1 Å². The van der Waals surface area contributed by atoms with Gasteiger partial charge in [0.25, 0.3) is 5.91 Å². The normalized spacial score (nSPS) is 9.61. The fourth-order valence-electron chi connectivity index (χ4n) is 1.79. The van der Waals surface area contributed by atoms with Gasteiger partial charge in [-0.15, -0.1) is 0 Å². The molecule has 118 valence electrons. The Kier molecular flexibility index (Phi) is 5.65. The van der Waals surface area contributed by atoms with Gasteiger partial charge in [0.1, 0.15) is 0 Å². The van der Waals surface area contributed by atoms with Crippen molar-refractivity contribution in [1.29, 1.82) is 0 Å². The van der Waals surface area contributed by atoms with Gasteiger partial charge in [-0.2, -0.15) is 0 Å². The van der Waals surface area contributed by atoms with Crippen LogP contribution in [0.15, 0.2) is 54.6 Å². The van der Waals surface area contributed by atoms with E-state index in [-0.39, 0.29) is 11.0 Å². The first-order valence-electron chi connectivity index (χ1n) is 6.84. The van der Waals surface area contributed by atoms with Crippen LogP contribution in [0.2, 0.25) is 0 Å². The SMILES string of the molecule is Cc1cccc(C(=O)NC(=S)NNC(=O)Nc2ccccc2)c1. The molecule has 0 atom stereocenters. The number of hydrogen-bond acceptors (Lipinski definition) is 3. The Labute approximate surface area is 139 Å². The van der Waals surface area contributed by atoms with Crippen molar-refractivity contribution < 1.29 is 9.59 Å². The van der Waals surface area contributed by atoms with Gasteiger partial charge in [-0.3, -0.25) is 15.5 Å². The third kappa shape index (κ3) is 5.40. The third-order valence-electron chi connectivity index (χ3n) is 2.83. The molecule has 0 aliphatic rings. The lowest BCUT2D eigenvalue weighted by atomic mass is 10.1. The van der Waals surface area contributed by atoms with E-state index < -0.39 is 6.03 Å². The lowest BCUT2D eigenvalue weighted by Gasteiger charge is -2.11. The zero-order valence-corrected chi connectivity index (χ0v) is 13.2. The van der Waals surface area contributed by atoms with E-state index in [0.29, 0.717) is 11.3 Å². The van der Waals surface area contributed by atoms with E-state index in [2.05, 4.69) is 21.5 Å². The maximum Gasteiger partial charge on any atom is 0.337 e. The number of carbonyl (C=O) groups excluding carboxylic acids is 2. The first-order valence-corrected chi connectivity index (χ1v) is 7.25. The minimum absolute atomic E-state index is 0.000261. The van der Waals surface area contributed by atoms with Crippen molar-refractivity contribution in [2.24, 2.45) is 0 Å². The molecule has 2 rings (SSSR count). The van der Waals surface area contributed by atoms with E-state index >= 15 is 0 Å². The molecule has 0 heterocycles. The average molecular weight is 328 g/mol. The molecule has 0 aromatic heterocycles. The summed E-state index contributed by atoms with van der Waals surface area (Å²) in [5, 5.41) is 5.09. The molecule has 4 N–H and O–H groups in total. The summed E-state index contributed by atoms with van der Waals surface area (Å²) < 4.78 is 0. The van der Waals surface area contributed by atoms with Gasteiger partial charge < -0.3 is 5.32 Å². The van der Waals surface area contributed by atoms with E-state index in [9.17, 15) is 9.59 Å². The zero-order valence-electron chi connectivity index (χ0n) is 12.4. The molecular formula is C16H16N4O2S. The van der Waals surface area contributed by atoms with Gasteiger partial charge in [0, 0.05) is 11.3 Å². The summed E-state index contributed by atoms with van der Waals surface area (Å²) in [7, 11) is 0. The maximum absolute atomic E-state index is 12.0. The van der Waals surface area contributed by atoms with Crippen molar-refractivity contribution in [2.75, 3.05) is 5.32 Å². The molecule has 7 heteroatoms. The smallest absolute Gasteiger partial charge is 0.307 e. The number of para-hydroxylation sites is 1. The van der Waals surface area contributed by atoms with Gasteiger partial charge in [0.15, 0.2) is 5.11 Å². The van der Waals surface area contributed by atoms with E-state index in [0.717, 1.165) is 5.56 Å². The number of carbonyl (C=O) groups is 2. The number of nitrogens with one attached hydrogen (secondary N) is 4. The van der Waals surface area contributed by atoms with E-state index in [1.165, 1.54) is 0 Å². The molecule has 23 heavy (non-hydrogen) atoms. The van der Waals surface area contributed by atoms with Crippen LogP contribution in [0.4, 0.5) is 10.5 Å². The van der Waals surface area contributed by atoms with Crippen molar-refractivity contribution >= 4 is 35.0 Å². The highest BCUT2D eigenvalue weighted by molar-refractivity contribution is 7.80. The Balaban J connectivity index is 1.78. The molecule has 0 spiro atoms. The number of rotatable bonds is 2. The van der Waals surface area contributed by atoms with Gasteiger partial charge in [-0.05, 0) is 43.4 Å². The minimum atomic E-state index is -0.497. The van der Waals surface area contributed by atoms with Crippen LogP contribution in [0.25, 0.3) is 0 Å². The summed E-state index contributed by atoms with van der Waals surface area (Å²) in [6.45, 7) is 1.89. The number of benzene rings is 2. The largest absolute Gasteiger partial charge is 0.337 e. The van der Waals surface area contributed by atoms with Gasteiger partial charge in [0.2, 0.25) is 0 Å². The number of thiocarbonyl (C=S) groups is 1. The van der Waals surface area contributed by atoms with Crippen LogP contribution in [0, 0.1) is 6.92 Å². The Morgan fingerprint density at radius 1 is 0.957 bits per heavy atom. The van der Waals surface area contributed by atoms with Gasteiger partial charge >= 0.3 is 6.03 Å². The summed E-state index contributed by atoms with van der Waals surface area (Å²) in [6, 6.07) is 15.5. The molecule has 2 aromatic carbocycles. The first kappa shape index (κ1) is 16.4. The molecule has 2 aromatic rings. The number of hydrogen-bond donors (Lipinski definition) is 4. The molecule has 3 amide bonds. The minimum Gasteiger partial charge on any atom is -0.307 e. The topological polar surface area (TPSA) is 82.3 Å². The molecule has 0 saturated heterocycles. The second-order valence-electron chi connectivity index (χ2n) is 4.72. The van der Waals surface area contributed by atoms with Gasteiger partial charge in [-0.25, -0.2) is 10.2 Å². The van der Waals surface area contributed by atoms with Crippen molar-refractivity contribution in [2.45, 2.75) is 6.92 Å². The van der Waals surface area contributed by atoms with Crippen LogP contribution in [0.5, 0.6) is 0 Å². The molecular weight excluding hydrogens is 312 g/mol. The predicted molar refractivity (Wildman–Crippen MR) is 93.0 cm³/mol. The average Bonchev–Trinajstić information content (AvgIpc) is 2.54. The molecule has 0 saturated carbocycles. The monoisotopic (exact) mass is 328 g/mol. The van der Waals surface area contributed by atoms with Gasteiger partial charge in [-0.1, -0.05) is 35.9 Å². The second-order valence-corrected chi connectivity index (χ2v) is 5.13. The van der Waals surface area contributed by atoms with Crippen LogP contribution in [-0.4, -0.2) is 17.1 Å². The standard InChI is InChI=1S/C16H16N4O2S/c1-11-6-5-7-12(10-11)14(21)18-16(23)20-19-15(22)17-13-8-3-2-4-9-13/h2-10H,1H3,(H2,17,19,22)(H2,18,20,21,23). The highest BCUT2D eigenvalue weighted by atomic mass is 32.1. The number of anilines is 1. The lowest BCUT2D eigenvalue weighted by molar-refractivity contribution is 0.0976. The summed E-state index contributed by atoms with van der Waals surface area (Å²) in [5.41, 5.74) is 6.90. The maximum atomic E-state index is 12.0.